The number of nitrogens with one attached hydrogen (secondary N) is 1. The second-order valence-corrected chi connectivity index (χ2v) is 7.78. The minimum atomic E-state index is -4.72. The molecule has 0 radical (unpaired) electrons. The first-order chi connectivity index (χ1) is 14.3. The van der Waals surface area contributed by atoms with Crippen molar-refractivity contribution in [2.45, 2.75) is 38.1 Å². The Balaban J connectivity index is 1.88. The summed E-state index contributed by atoms with van der Waals surface area (Å²) in [5.74, 6) is -1.44. The van der Waals surface area contributed by atoms with Crippen molar-refractivity contribution < 1.29 is 23.1 Å². The van der Waals surface area contributed by atoms with Crippen molar-refractivity contribution in [3.63, 3.8) is 0 Å². The number of hydrogen-bond acceptors (Lipinski definition) is 3. The summed E-state index contributed by atoms with van der Waals surface area (Å²) >= 11 is 0. The van der Waals surface area contributed by atoms with Crippen molar-refractivity contribution in [2.24, 2.45) is 0 Å². The molecule has 8 heteroatoms. The van der Waals surface area contributed by atoms with Crippen molar-refractivity contribution in [1.29, 1.82) is 0 Å². The molecule has 0 saturated heterocycles. The van der Waals surface area contributed by atoms with E-state index in [1.165, 1.54) is 16.7 Å². The third-order valence-electron chi connectivity index (χ3n) is 5.80. The van der Waals surface area contributed by atoms with Gasteiger partial charge in [0.15, 0.2) is 0 Å². The monoisotopic (exact) mass is 414 g/mol. The number of aromatic nitrogens is 1. The normalized spacial score (nSPS) is 16.1. The van der Waals surface area contributed by atoms with E-state index >= 15 is 0 Å². The van der Waals surface area contributed by atoms with E-state index in [1.807, 2.05) is 6.07 Å². The maximum Gasteiger partial charge on any atom is 0.419 e. The van der Waals surface area contributed by atoms with E-state index in [9.17, 15) is 27.9 Å². The molecule has 0 atom stereocenters. The summed E-state index contributed by atoms with van der Waals surface area (Å²) in [6.45, 7) is 1.27. The van der Waals surface area contributed by atoms with E-state index in [-0.39, 0.29) is 22.5 Å². The largest absolute Gasteiger partial charge is 0.477 e. The van der Waals surface area contributed by atoms with Gasteiger partial charge in [0, 0.05) is 30.7 Å². The average Bonchev–Trinajstić information content (AvgIpc) is 3.42. The lowest BCUT2D eigenvalue weighted by Gasteiger charge is -2.20. The molecule has 1 fully saturated rings. The minimum Gasteiger partial charge on any atom is -0.477 e. The maximum atomic E-state index is 14.3. The zero-order valence-electron chi connectivity index (χ0n) is 15.7. The molecule has 3 aromatic rings. The van der Waals surface area contributed by atoms with Crippen LogP contribution >= 0.6 is 0 Å². The van der Waals surface area contributed by atoms with Crippen LogP contribution in [0.1, 0.15) is 45.9 Å². The molecule has 30 heavy (non-hydrogen) atoms. The predicted molar refractivity (Wildman–Crippen MR) is 104 cm³/mol. The zero-order valence-corrected chi connectivity index (χ0v) is 15.7. The first kappa shape index (κ1) is 18.9. The number of carboxylic acid groups (broad SMARTS) is 1. The van der Waals surface area contributed by atoms with Gasteiger partial charge in [-0.15, -0.1) is 0 Å². The standard InChI is InChI=1S/C22H17F3N2O3/c23-22(24,25)18-15(11-1-2-12-8-26-9-13(12)7-11)5-6-16-19(18)27(14-3-4-14)10-17(20(16)28)21(29)30/h1-2,5-7,10,14,26H,3-4,8-9H2,(H,29,30). The van der Waals surface area contributed by atoms with E-state index in [0.717, 1.165) is 17.3 Å². The Hall–Kier alpha value is -3.13. The van der Waals surface area contributed by atoms with Gasteiger partial charge in [-0.3, -0.25) is 4.79 Å². The van der Waals surface area contributed by atoms with E-state index in [4.69, 9.17) is 0 Å². The number of alkyl halides is 3. The molecule has 0 unspecified atom stereocenters. The second-order valence-electron chi connectivity index (χ2n) is 7.78. The molecule has 2 heterocycles. The van der Waals surface area contributed by atoms with Crippen LogP contribution in [0.15, 0.2) is 41.3 Å². The Morgan fingerprint density at radius 1 is 1.10 bits per heavy atom. The third-order valence-corrected chi connectivity index (χ3v) is 5.80. The molecule has 2 N–H and O–H groups in total. The van der Waals surface area contributed by atoms with Gasteiger partial charge in [-0.2, -0.15) is 13.2 Å². The van der Waals surface area contributed by atoms with Crippen LogP contribution in [-0.2, 0) is 19.3 Å². The molecule has 0 amide bonds. The summed E-state index contributed by atoms with van der Waals surface area (Å²) in [5, 5.41) is 12.3. The number of benzene rings is 2. The molecule has 0 spiro atoms. The molecular weight excluding hydrogens is 397 g/mol. The molecule has 1 saturated carbocycles. The predicted octanol–water partition coefficient (Wildman–Crippen LogP) is 4.32. The molecule has 2 aromatic carbocycles. The number of nitrogens with zero attached hydrogens (tertiary/aromatic N) is 1. The van der Waals surface area contributed by atoms with Crippen LogP contribution in [0.2, 0.25) is 0 Å². The van der Waals surface area contributed by atoms with Crippen molar-refractivity contribution >= 4 is 16.9 Å². The number of carbonyl (C=O) groups is 1. The molecule has 5 nitrogen and oxygen atoms in total. The average molecular weight is 414 g/mol. The summed E-state index contributed by atoms with van der Waals surface area (Å²) in [6.07, 6.45) is -2.37. The number of rotatable bonds is 3. The number of carboxylic acids is 1. The highest BCUT2D eigenvalue weighted by Crippen LogP contribution is 2.45. The maximum absolute atomic E-state index is 14.3. The van der Waals surface area contributed by atoms with Gasteiger partial charge in [0.1, 0.15) is 5.56 Å². The van der Waals surface area contributed by atoms with E-state index in [0.29, 0.717) is 31.5 Å². The molecular formula is C22H17F3N2O3. The fourth-order valence-electron chi connectivity index (χ4n) is 4.23. The van der Waals surface area contributed by atoms with Gasteiger partial charge in [-0.05, 0) is 47.2 Å². The first-order valence-electron chi connectivity index (χ1n) is 9.61. The van der Waals surface area contributed by atoms with Gasteiger partial charge in [0.05, 0.1) is 11.1 Å². The quantitative estimate of drug-likeness (QED) is 0.670. The van der Waals surface area contributed by atoms with Crippen LogP contribution in [-0.4, -0.2) is 15.6 Å². The van der Waals surface area contributed by atoms with Gasteiger partial charge in [-0.1, -0.05) is 18.2 Å². The van der Waals surface area contributed by atoms with E-state index in [1.54, 1.807) is 12.1 Å². The summed E-state index contributed by atoms with van der Waals surface area (Å²) in [5.41, 5.74) is -0.146. The highest BCUT2D eigenvalue weighted by atomic mass is 19.4. The van der Waals surface area contributed by atoms with Gasteiger partial charge in [0.25, 0.3) is 0 Å². The molecule has 154 valence electrons. The Morgan fingerprint density at radius 3 is 2.50 bits per heavy atom. The van der Waals surface area contributed by atoms with Gasteiger partial charge in [0.2, 0.25) is 5.43 Å². The van der Waals surface area contributed by atoms with Gasteiger partial charge in [-0.25, -0.2) is 4.79 Å². The Labute approximate surface area is 168 Å². The van der Waals surface area contributed by atoms with Crippen molar-refractivity contribution in [1.82, 2.24) is 9.88 Å². The lowest BCUT2D eigenvalue weighted by atomic mass is 9.93. The SMILES string of the molecule is O=C(O)c1cn(C2CC2)c2c(C(F)(F)F)c(-c3ccc4c(c3)CNC4)ccc2c1=O. The van der Waals surface area contributed by atoms with Crippen molar-refractivity contribution in [3.8, 4) is 11.1 Å². The summed E-state index contributed by atoms with van der Waals surface area (Å²) in [7, 11) is 0. The smallest absolute Gasteiger partial charge is 0.419 e. The minimum absolute atomic E-state index is 0.0124. The third kappa shape index (κ3) is 2.90. The zero-order chi connectivity index (χ0) is 21.2. The van der Waals surface area contributed by atoms with Crippen LogP contribution in [0.4, 0.5) is 13.2 Å². The first-order valence-corrected chi connectivity index (χ1v) is 9.61. The lowest BCUT2D eigenvalue weighted by Crippen LogP contribution is -2.21. The van der Waals surface area contributed by atoms with E-state index in [2.05, 4.69) is 5.32 Å². The van der Waals surface area contributed by atoms with E-state index < -0.39 is 28.7 Å². The topological polar surface area (TPSA) is 71.3 Å². The second kappa shape index (κ2) is 6.43. The molecule has 1 aliphatic heterocycles. The number of halogens is 3. The highest BCUT2D eigenvalue weighted by molar-refractivity contribution is 5.96. The van der Waals surface area contributed by atoms with Crippen LogP contribution < -0.4 is 10.7 Å². The van der Waals surface area contributed by atoms with Crippen molar-refractivity contribution in [3.05, 3.63) is 69.0 Å². The number of fused-ring (bicyclic) bond motifs is 2. The summed E-state index contributed by atoms with van der Waals surface area (Å²) in [6, 6.07) is 7.58. The van der Waals surface area contributed by atoms with Gasteiger partial charge >= 0.3 is 12.1 Å². The number of aromatic carboxylic acids is 1. The van der Waals surface area contributed by atoms with Crippen LogP contribution in [0.25, 0.3) is 22.0 Å². The Kier molecular flexibility index (Phi) is 4.05. The Morgan fingerprint density at radius 2 is 1.83 bits per heavy atom. The number of pyridine rings is 1. The summed E-state index contributed by atoms with van der Waals surface area (Å²) < 4.78 is 44.4. The molecule has 0 bridgehead atoms. The fraction of sp³-hybridized carbons (Fsp3) is 0.273. The molecule has 1 aliphatic carbocycles. The fourth-order valence-corrected chi connectivity index (χ4v) is 4.23. The van der Waals surface area contributed by atoms with Crippen LogP contribution in [0, 0.1) is 0 Å². The van der Waals surface area contributed by atoms with Gasteiger partial charge < -0.3 is 15.0 Å². The Bertz CT molecular complexity index is 1270. The molecule has 2 aliphatic rings. The lowest BCUT2D eigenvalue weighted by molar-refractivity contribution is -0.136. The van der Waals surface area contributed by atoms with Crippen LogP contribution in [0.3, 0.4) is 0 Å². The summed E-state index contributed by atoms with van der Waals surface area (Å²) in [4.78, 5) is 24.2. The highest BCUT2D eigenvalue weighted by Gasteiger charge is 2.39. The molecule has 5 rings (SSSR count). The van der Waals surface area contributed by atoms with Crippen LogP contribution in [0.5, 0.6) is 0 Å². The molecule has 1 aromatic heterocycles. The number of hydrogen-bond donors (Lipinski definition) is 2. The van der Waals surface area contributed by atoms with Crippen molar-refractivity contribution in [2.75, 3.05) is 0 Å².